The molecule has 2 heterocycles. The van der Waals surface area contributed by atoms with E-state index in [0.717, 1.165) is 18.7 Å². The van der Waals surface area contributed by atoms with Crippen LogP contribution < -0.4 is 10.6 Å². The monoisotopic (exact) mass is 365 g/mol. The summed E-state index contributed by atoms with van der Waals surface area (Å²) in [6, 6.07) is 9.10. The molecule has 0 radical (unpaired) electrons. The molecule has 2 saturated heterocycles. The number of hydrogen-bond donors (Lipinski definition) is 2. The summed E-state index contributed by atoms with van der Waals surface area (Å²) in [6.45, 7) is 5.36. The van der Waals surface area contributed by atoms with Crippen molar-refractivity contribution in [3.8, 4) is 0 Å². The van der Waals surface area contributed by atoms with Crippen molar-refractivity contribution in [2.75, 3.05) is 26.2 Å². The number of piperidine rings is 1. The van der Waals surface area contributed by atoms with Crippen molar-refractivity contribution in [2.24, 2.45) is 11.8 Å². The van der Waals surface area contributed by atoms with Gasteiger partial charge in [0.05, 0.1) is 0 Å². The fourth-order valence-corrected chi connectivity index (χ4v) is 3.83. The zero-order chi connectivity index (χ0) is 16.9. The second kappa shape index (κ2) is 9.20. The Kier molecular flexibility index (Phi) is 7.26. The molecule has 25 heavy (non-hydrogen) atoms. The van der Waals surface area contributed by atoms with Gasteiger partial charge in [0.25, 0.3) is 0 Å². The Morgan fingerprint density at radius 3 is 2.72 bits per heavy atom. The minimum atomic E-state index is -0.496. The Balaban J connectivity index is 0.00000225. The molecule has 1 aromatic rings. The van der Waals surface area contributed by atoms with E-state index in [1.54, 1.807) is 4.90 Å². The molecule has 6 heteroatoms. The van der Waals surface area contributed by atoms with Crippen LogP contribution in [0, 0.1) is 11.8 Å². The van der Waals surface area contributed by atoms with Gasteiger partial charge in [-0.15, -0.1) is 12.4 Å². The average molecular weight is 366 g/mol. The largest absolute Gasteiger partial charge is 0.352 e. The van der Waals surface area contributed by atoms with E-state index in [9.17, 15) is 9.59 Å². The van der Waals surface area contributed by atoms with Crippen LogP contribution in [0.2, 0.25) is 0 Å². The lowest BCUT2D eigenvalue weighted by molar-refractivity contribution is -0.144. The van der Waals surface area contributed by atoms with Crippen molar-refractivity contribution >= 4 is 24.2 Å². The number of amides is 2. The molecule has 0 spiro atoms. The first-order chi connectivity index (χ1) is 11.7. The van der Waals surface area contributed by atoms with Gasteiger partial charge in [0.1, 0.15) is 6.04 Å². The number of rotatable bonds is 4. The molecule has 3 rings (SSSR count). The van der Waals surface area contributed by atoms with E-state index in [1.807, 2.05) is 30.3 Å². The van der Waals surface area contributed by atoms with Crippen LogP contribution in [0.3, 0.4) is 0 Å². The number of carbonyl (C=O) groups is 2. The third-order valence-corrected chi connectivity index (χ3v) is 5.28. The van der Waals surface area contributed by atoms with Crippen molar-refractivity contribution in [3.63, 3.8) is 0 Å². The average Bonchev–Trinajstić information content (AvgIpc) is 2.63. The van der Waals surface area contributed by atoms with E-state index in [-0.39, 0.29) is 24.2 Å². The maximum Gasteiger partial charge on any atom is 0.247 e. The highest BCUT2D eigenvalue weighted by atomic mass is 35.5. The van der Waals surface area contributed by atoms with Gasteiger partial charge in [0, 0.05) is 19.5 Å². The van der Waals surface area contributed by atoms with Gasteiger partial charge in [-0.05, 0) is 43.3 Å². The molecule has 5 nitrogen and oxygen atoms in total. The number of benzene rings is 1. The van der Waals surface area contributed by atoms with Crippen LogP contribution in [0.15, 0.2) is 30.3 Å². The van der Waals surface area contributed by atoms with Gasteiger partial charge in [-0.2, -0.15) is 0 Å². The Bertz CT molecular complexity index is 575. The van der Waals surface area contributed by atoms with Crippen molar-refractivity contribution < 1.29 is 9.59 Å². The van der Waals surface area contributed by atoms with Gasteiger partial charge in [-0.25, -0.2) is 0 Å². The van der Waals surface area contributed by atoms with Crippen molar-refractivity contribution in [2.45, 2.75) is 32.2 Å². The molecule has 1 aromatic carbocycles. The number of hydrogen-bond acceptors (Lipinski definition) is 3. The zero-order valence-electron chi connectivity index (χ0n) is 14.7. The number of halogens is 1. The molecule has 3 unspecified atom stereocenters. The third kappa shape index (κ3) is 4.73. The Labute approximate surface area is 155 Å². The summed E-state index contributed by atoms with van der Waals surface area (Å²) in [5.41, 5.74) is 0.884. The smallest absolute Gasteiger partial charge is 0.247 e. The van der Waals surface area contributed by atoms with Crippen molar-refractivity contribution in [1.82, 2.24) is 15.5 Å². The highest BCUT2D eigenvalue weighted by molar-refractivity contribution is 5.89. The molecular weight excluding hydrogens is 338 g/mol. The van der Waals surface area contributed by atoms with E-state index in [2.05, 4.69) is 17.6 Å². The van der Waals surface area contributed by atoms with Crippen molar-refractivity contribution in [1.29, 1.82) is 0 Å². The quantitative estimate of drug-likeness (QED) is 0.859. The molecular formula is C19H28ClN3O2. The van der Waals surface area contributed by atoms with E-state index in [1.165, 1.54) is 12.8 Å². The molecule has 2 amide bonds. The Hall–Kier alpha value is -1.59. The summed E-state index contributed by atoms with van der Waals surface area (Å²) in [5.74, 6) is 0.910. The first kappa shape index (κ1) is 19.7. The van der Waals surface area contributed by atoms with E-state index in [4.69, 9.17) is 0 Å². The standard InChI is InChI=1S/C19H27N3O2.ClH/c1-14(16-8-5-9-20-13-16)12-17(23)22-11-10-21-19(24)18(22)15-6-3-2-4-7-15;/h2-4,6-7,14,16,18,20H,5,8-13H2,1H3,(H,21,24);1H. The molecule has 2 fully saturated rings. The van der Waals surface area contributed by atoms with Crippen LogP contribution in [-0.2, 0) is 9.59 Å². The number of nitrogens with one attached hydrogen (secondary N) is 2. The van der Waals surface area contributed by atoms with E-state index < -0.39 is 6.04 Å². The van der Waals surface area contributed by atoms with Gasteiger partial charge in [0.2, 0.25) is 11.8 Å². The van der Waals surface area contributed by atoms with Crippen molar-refractivity contribution in [3.05, 3.63) is 35.9 Å². The number of nitrogens with zero attached hydrogens (tertiary/aromatic N) is 1. The Morgan fingerprint density at radius 2 is 2.04 bits per heavy atom. The Morgan fingerprint density at radius 1 is 1.28 bits per heavy atom. The summed E-state index contributed by atoms with van der Waals surface area (Å²) in [4.78, 5) is 27.1. The van der Waals surface area contributed by atoms with Crippen LogP contribution in [0.4, 0.5) is 0 Å². The van der Waals surface area contributed by atoms with Crippen LogP contribution in [0.25, 0.3) is 0 Å². The lowest BCUT2D eigenvalue weighted by Crippen LogP contribution is -2.52. The van der Waals surface area contributed by atoms with Crippen LogP contribution in [0.5, 0.6) is 0 Å². The van der Waals surface area contributed by atoms with E-state index >= 15 is 0 Å². The van der Waals surface area contributed by atoms with Crippen LogP contribution in [0.1, 0.15) is 37.8 Å². The zero-order valence-corrected chi connectivity index (χ0v) is 15.6. The third-order valence-electron chi connectivity index (χ3n) is 5.28. The van der Waals surface area contributed by atoms with Crippen LogP contribution in [-0.4, -0.2) is 42.9 Å². The molecule has 138 valence electrons. The molecule has 0 aromatic heterocycles. The van der Waals surface area contributed by atoms with Gasteiger partial charge < -0.3 is 15.5 Å². The number of carbonyl (C=O) groups excluding carboxylic acids is 2. The second-order valence-corrected chi connectivity index (χ2v) is 6.98. The summed E-state index contributed by atoms with van der Waals surface area (Å²) >= 11 is 0. The van der Waals surface area contributed by atoms with Gasteiger partial charge in [-0.3, -0.25) is 9.59 Å². The molecule has 3 atom stereocenters. The molecule has 2 aliphatic rings. The molecule has 2 aliphatic heterocycles. The topological polar surface area (TPSA) is 61.4 Å². The summed E-state index contributed by atoms with van der Waals surface area (Å²) in [7, 11) is 0. The first-order valence-corrected chi connectivity index (χ1v) is 8.99. The molecule has 0 bridgehead atoms. The lowest BCUT2D eigenvalue weighted by Gasteiger charge is -2.37. The minimum Gasteiger partial charge on any atom is -0.352 e. The predicted molar refractivity (Wildman–Crippen MR) is 101 cm³/mol. The molecule has 0 aliphatic carbocycles. The predicted octanol–water partition coefficient (Wildman–Crippen LogP) is 2.13. The maximum absolute atomic E-state index is 12.9. The van der Waals surface area contributed by atoms with E-state index in [0.29, 0.717) is 31.3 Å². The summed E-state index contributed by atoms with van der Waals surface area (Å²) in [6.07, 6.45) is 2.88. The minimum absolute atomic E-state index is 0. The SMILES string of the molecule is CC(CC(=O)N1CCNC(=O)C1c1ccccc1)C1CCCNC1.Cl. The van der Waals surface area contributed by atoms with Crippen LogP contribution >= 0.6 is 12.4 Å². The fraction of sp³-hybridized carbons (Fsp3) is 0.579. The van der Waals surface area contributed by atoms with Gasteiger partial charge in [-0.1, -0.05) is 37.3 Å². The molecule has 2 N–H and O–H groups in total. The highest BCUT2D eigenvalue weighted by Crippen LogP contribution is 2.27. The normalized spacial score (nSPS) is 24.8. The number of piperazine rings is 1. The summed E-state index contributed by atoms with van der Waals surface area (Å²) in [5, 5.41) is 6.31. The summed E-state index contributed by atoms with van der Waals surface area (Å²) < 4.78 is 0. The maximum atomic E-state index is 12.9. The molecule has 0 saturated carbocycles. The lowest BCUT2D eigenvalue weighted by atomic mass is 9.85. The van der Waals surface area contributed by atoms with Gasteiger partial charge >= 0.3 is 0 Å². The second-order valence-electron chi connectivity index (χ2n) is 6.98. The highest BCUT2D eigenvalue weighted by Gasteiger charge is 2.35. The van der Waals surface area contributed by atoms with Gasteiger partial charge in [0.15, 0.2) is 0 Å². The first-order valence-electron chi connectivity index (χ1n) is 8.99. The fourth-order valence-electron chi connectivity index (χ4n) is 3.83.